The number of fused-ring (bicyclic) bond motifs is 1. The Bertz CT molecular complexity index is 835. The lowest BCUT2D eigenvalue weighted by molar-refractivity contribution is -0.670. The number of benzene rings is 1. The summed E-state index contributed by atoms with van der Waals surface area (Å²) < 4.78 is 18.1. The molecule has 0 aliphatic heterocycles. The van der Waals surface area contributed by atoms with E-state index >= 15 is 0 Å². The molecular formula is C16H16FN4+. The van der Waals surface area contributed by atoms with E-state index in [1.807, 2.05) is 46.9 Å². The first kappa shape index (κ1) is 13.3. The summed E-state index contributed by atoms with van der Waals surface area (Å²) in [6, 6.07) is 8.69. The molecule has 0 amide bonds. The maximum Gasteiger partial charge on any atom is 0.177 e. The van der Waals surface area contributed by atoms with E-state index in [2.05, 4.69) is 0 Å². The minimum Gasteiger partial charge on any atom is -0.384 e. The minimum absolute atomic E-state index is 0.126. The van der Waals surface area contributed by atoms with Gasteiger partial charge in [0.1, 0.15) is 18.7 Å². The van der Waals surface area contributed by atoms with Crippen LogP contribution >= 0.6 is 0 Å². The molecule has 3 aromatic rings. The third-order valence-corrected chi connectivity index (χ3v) is 3.55. The fourth-order valence-corrected chi connectivity index (χ4v) is 2.42. The fraction of sp³-hybridized carbons (Fsp3) is 0.125. The second-order valence-electron chi connectivity index (χ2n) is 5.11. The van der Waals surface area contributed by atoms with Crippen LogP contribution in [0.4, 0.5) is 4.39 Å². The van der Waals surface area contributed by atoms with Gasteiger partial charge in [-0.05, 0) is 12.1 Å². The zero-order valence-electron chi connectivity index (χ0n) is 11.7. The molecule has 2 heterocycles. The molecule has 0 spiro atoms. The second kappa shape index (κ2) is 5.01. The third kappa shape index (κ3) is 2.50. The van der Waals surface area contributed by atoms with E-state index in [0.29, 0.717) is 17.7 Å². The first-order valence-electron chi connectivity index (χ1n) is 6.61. The van der Waals surface area contributed by atoms with Crippen molar-refractivity contribution in [1.82, 2.24) is 4.57 Å². The van der Waals surface area contributed by atoms with Crippen molar-refractivity contribution < 1.29 is 8.96 Å². The van der Waals surface area contributed by atoms with Crippen LogP contribution in [0, 0.1) is 11.2 Å². The van der Waals surface area contributed by atoms with Gasteiger partial charge in [0.25, 0.3) is 0 Å². The standard InChI is InChI=1S/C16H16FN4/c1-20-6-5-15-13(9-20)4-7-21(15)10-12-3-2-11(16(18)19)8-14(12)17/h2-9H,10H2,1H3,(H3,18,19)/q+1. The summed E-state index contributed by atoms with van der Waals surface area (Å²) >= 11 is 0. The monoisotopic (exact) mass is 283 g/mol. The van der Waals surface area contributed by atoms with Gasteiger partial charge < -0.3 is 10.3 Å². The Kier molecular flexibility index (Phi) is 3.17. The van der Waals surface area contributed by atoms with Crippen molar-refractivity contribution in [3.8, 4) is 0 Å². The van der Waals surface area contributed by atoms with Crippen molar-refractivity contribution in [2.75, 3.05) is 0 Å². The van der Waals surface area contributed by atoms with Crippen LogP contribution in [-0.2, 0) is 13.6 Å². The van der Waals surface area contributed by atoms with E-state index in [-0.39, 0.29) is 11.7 Å². The largest absolute Gasteiger partial charge is 0.384 e. The Morgan fingerprint density at radius 2 is 2.14 bits per heavy atom. The zero-order valence-corrected chi connectivity index (χ0v) is 11.7. The molecule has 0 fully saturated rings. The van der Waals surface area contributed by atoms with Gasteiger partial charge in [-0.25, -0.2) is 8.96 Å². The lowest BCUT2D eigenvalue weighted by atomic mass is 10.1. The summed E-state index contributed by atoms with van der Waals surface area (Å²) in [6.45, 7) is 0.446. The van der Waals surface area contributed by atoms with Crippen LogP contribution < -0.4 is 10.3 Å². The molecule has 0 bridgehead atoms. The Morgan fingerprint density at radius 1 is 1.33 bits per heavy atom. The molecule has 0 unspecified atom stereocenters. The average molecular weight is 283 g/mol. The Hall–Kier alpha value is -2.69. The van der Waals surface area contributed by atoms with Crippen molar-refractivity contribution in [2.24, 2.45) is 12.8 Å². The van der Waals surface area contributed by atoms with Gasteiger partial charge in [-0.2, -0.15) is 0 Å². The van der Waals surface area contributed by atoms with Crippen molar-refractivity contribution in [2.45, 2.75) is 6.54 Å². The van der Waals surface area contributed by atoms with Crippen LogP contribution in [0.25, 0.3) is 10.9 Å². The normalized spacial score (nSPS) is 11.0. The summed E-state index contributed by atoms with van der Waals surface area (Å²) in [7, 11) is 1.97. The van der Waals surface area contributed by atoms with Gasteiger partial charge in [-0.3, -0.25) is 5.41 Å². The van der Waals surface area contributed by atoms with Gasteiger partial charge in [0.15, 0.2) is 12.4 Å². The molecule has 21 heavy (non-hydrogen) atoms. The number of nitrogens with zero attached hydrogens (tertiary/aromatic N) is 2. The summed E-state index contributed by atoms with van der Waals surface area (Å²) in [5.41, 5.74) is 7.40. The minimum atomic E-state index is -0.342. The summed E-state index contributed by atoms with van der Waals surface area (Å²) in [4.78, 5) is 0. The molecule has 5 heteroatoms. The van der Waals surface area contributed by atoms with E-state index in [9.17, 15) is 4.39 Å². The number of nitrogens with one attached hydrogen (secondary N) is 1. The van der Waals surface area contributed by atoms with Crippen LogP contribution in [0.3, 0.4) is 0 Å². The number of rotatable bonds is 3. The number of amidine groups is 1. The van der Waals surface area contributed by atoms with Crippen molar-refractivity contribution in [1.29, 1.82) is 5.41 Å². The summed E-state index contributed by atoms with van der Waals surface area (Å²) in [5, 5.41) is 8.44. The highest BCUT2D eigenvalue weighted by Gasteiger charge is 2.09. The first-order chi connectivity index (χ1) is 10.0. The summed E-state index contributed by atoms with van der Waals surface area (Å²) in [6.07, 6.45) is 5.94. The smallest absolute Gasteiger partial charge is 0.177 e. The second-order valence-corrected chi connectivity index (χ2v) is 5.11. The lowest BCUT2D eigenvalue weighted by Crippen LogP contribution is -2.25. The topological polar surface area (TPSA) is 58.7 Å². The van der Waals surface area contributed by atoms with Gasteiger partial charge in [0, 0.05) is 23.4 Å². The maximum atomic E-state index is 14.1. The molecule has 0 aliphatic carbocycles. The van der Waals surface area contributed by atoms with Crippen LogP contribution in [0.15, 0.2) is 48.9 Å². The van der Waals surface area contributed by atoms with Gasteiger partial charge in [-0.15, -0.1) is 0 Å². The van der Waals surface area contributed by atoms with Crippen molar-refractivity contribution in [3.63, 3.8) is 0 Å². The van der Waals surface area contributed by atoms with Gasteiger partial charge in [0.2, 0.25) is 0 Å². The number of nitrogen functional groups attached to an aromatic ring is 1. The van der Waals surface area contributed by atoms with E-state index < -0.39 is 0 Å². The fourth-order valence-electron chi connectivity index (χ4n) is 2.42. The predicted octanol–water partition coefficient (Wildman–Crippen LogP) is 1.94. The maximum absolute atomic E-state index is 14.1. The number of nitrogens with two attached hydrogens (primary N) is 1. The van der Waals surface area contributed by atoms with Gasteiger partial charge in [0.05, 0.1) is 17.4 Å². The van der Waals surface area contributed by atoms with E-state index in [0.717, 1.165) is 10.9 Å². The van der Waals surface area contributed by atoms with E-state index in [1.54, 1.807) is 12.1 Å². The lowest BCUT2D eigenvalue weighted by Gasteiger charge is -2.08. The van der Waals surface area contributed by atoms with Gasteiger partial charge >= 0.3 is 0 Å². The average Bonchev–Trinajstić information content (AvgIpc) is 2.83. The molecule has 3 rings (SSSR count). The molecular weight excluding hydrogens is 267 g/mol. The highest BCUT2D eigenvalue weighted by Crippen LogP contribution is 2.17. The molecule has 2 aromatic heterocycles. The van der Waals surface area contributed by atoms with Gasteiger partial charge in [-0.1, -0.05) is 12.1 Å². The Labute approximate surface area is 121 Å². The van der Waals surface area contributed by atoms with Crippen molar-refractivity contribution >= 4 is 16.7 Å². The molecule has 1 aromatic carbocycles. The number of aromatic nitrogens is 2. The third-order valence-electron chi connectivity index (χ3n) is 3.55. The van der Waals surface area contributed by atoms with Crippen molar-refractivity contribution in [3.05, 3.63) is 65.9 Å². The molecule has 3 N–H and O–H groups in total. The van der Waals surface area contributed by atoms with E-state index in [1.165, 1.54) is 6.07 Å². The van der Waals surface area contributed by atoms with Crippen LogP contribution in [0.5, 0.6) is 0 Å². The van der Waals surface area contributed by atoms with Crippen LogP contribution in [0.1, 0.15) is 11.1 Å². The number of hydrogen-bond acceptors (Lipinski definition) is 1. The van der Waals surface area contributed by atoms with Crippen LogP contribution in [-0.4, -0.2) is 10.4 Å². The highest BCUT2D eigenvalue weighted by atomic mass is 19.1. The molecule has 0 saturated carbocycles. The quantitative estimate of drug-likeness (QED) is 0.431. The number of pyridine rings is 1. The molecule has 4 nitrogen and oxygen atoms in total. The summed E-state index contributed by atoms with van der Waals surface area (Å²) in [5.74, 6) is -0.467. The molecule has 106 valence electrons. The number of aryl methyl sites for hydroxylation is 1. The molecule has 0 atom stereocenters. The Morgan fingerprint density at radius 3 is 2.86 bits per heavy atom. The number of hydrogen-bond donors (Lipinski definition) is 2. The van der Waals surface area contributed by atoms with E-state index in [4.69, 9.17) is 11.1 Å². The number of halogens is 1. The predicted molar refractivity (Wildman–Crippen MR) is 79.6 cm³/mol. The molecule has 0 radical (unpaired) electrons. The molecule has 0 saturated heterocycles. The first-order valence-corrected chi connectivity index (χ1v) is 6.61. The SMILES string of the molecule is C[n+]1ccc2c(ccn2Cc2ccc(C(=N)N)cc2F)c1. The van der Waals surface area contributed by atoms with Crippen LogP contribution in [0.2, 0.25) is 0 Å². The Balaban J connectivity index is 1.97. The highest BCUT2D eigenvalue weighted by molar-refractivity contribution is 5.94. The zero-order chi connectivity index (χ0) is 15.0. The molecule has 0 aliphatic rings.